The summed E-state index contributed by atoms with van der Waals surface area (Å²) in [6.07, 6.45) is 1.49. The first kappa shape index (κ1) is 10.2. The minimum Gasteiger partial charge on any atom is -0.236 e. The lowest BCUT2D eigenvalue weighted by Crippen LogP contribution is -1.96. The maximum atomic E-state index is 12.8. The molecule has 4 nitrogen and oxygen atoms in total. The average Bonchev–Trinajstić information content (AvgIpc) is 2.29. The van der Waals surface area contributed by atoms with E-state index in [-0.39, 0.29) is 5.69 Å². The van der Waals surface area contributed by atoms with Crippen LogP contribution in [-0.4, -0.2) is 15.0 Å². The van der Waals surface area contributed by atoms with Gasteiger partial charge in [0.15, 0.2) is 5.82 Å². The molecule has 78 valence electrons. The summed E-state index contributed by atoms with van der Waals surface area (Å²) in [6, 6.07) is 6.22. The van der Waals surface area contributed by atoms with Gasteiger partial charge in [-0.15, -0.1) is 0 Å². The Hall–Kier alpha value is -2.35. The second kappa shape index (κ2) is 4.03. The average molecular weight is 214 g/mol. The van der Waals surface area contributed by atoms with Crippen LogP contribution in [0.3, 0.4) is 0 Å². The van der Waals surface area contributed by atoms with Gasteiger partial charge in [-0.2, -0.15) is 9.65 Å². The molecule has 2 heterocycles. The van der Waals surface area contributed by atoms with E-state index in [2.05, 4.69) is 15.0 Å². The summed E-state index contributed by atoms with van der Waals surface area (Å²) in [5.74, 6) is -0.165. The zero-order valence-corrected chi connectivity index (χ0v) is 8.48. The fourth-order valence-electron chi connectivity index (χ4n) is 1.32. The number of rotatable bonds is 1. The molecule has 0 spiro atoms. The van der Waals surface area contributed by atoms with E-state index < -0.39 is 5.95 Å². The molecule has 0 fully saturated rings. The molecule has 0 bridgehead atoms. The summed E-state index contributed by atoms with van der Waals surface area (Å²) in [5, 5.41) is 8.71. The number of hydrogen-bond acceptors (Lipinski definition) is 4. The Kier molecular flexibility index (Phi) is 2.56. The first-order chi connectivity index (χ1) is 7.70. The number of nitrogens with zero attached hydrogens (tertiary/aromatic N) is 4. The second-order valence-corrected chi connectivity index (χ2v) is 3.14. The molecular formula is C11H7FN4. The third-order valence-corrected chi connectivity index (χ3v) is 2.06. The molecule has 0 N–H and O–H groups in total. The van der Waals surface area contributed by atoms with Gasteiger partial charge in [-0.3, -0.25) is 0 Å². The van der Waals surface area contributed by atoms with Crippen LogP contribution in [0.25, 0.3) is 11.4 Å². The largest absolute Gasteiger partial charge is 0.236 e. The molecule has 0 aliphatic heterocycles. The molecule has 2 aromatic rings. The van der Waals surface area contributed by atoms with Crippen LogP contribution < -0.4 is 0 Å². The van der Waals surface area contributed by atoms with Gasteiger partial charge in [-0.05, 0) is 25.1 Å². The highest BCUT2D eigenvalue weighted by atomic mass is 19.1. The van der Waals surface area contributed by atoms with Gasteiger partial charge in [0.25, 0.3) is 0 Å². The van der Waals surface area contributed by atoms with Crippen LogP contribution in [0.4, 0.5) is 4.39 Å². The minimum atomic E-state index is -0.544. The van der Waals surface area contributed by atoms with Crippen molar-refractivity contribution in [2.45, 2.75) is 6.92 Å². The monoisotopic (exact) mass is 214 g/mol. The molecule has 0 radical (unpaired) electrons. The maximum Gasteiger partial charge on any atom is 0.213 e. The molecule has 0 saturated heterocycles. The molecule has 0 unspecified atom stereocenters. The summed E-state index contributed by atoms with van der Waals surface area (Å²) in [6.45, 7) is 1.67. The molecular weight excluding hydrogens is 207 g/mol. The Morgan fingerprint density at radius 1 is 1.25 bits per heavy atom. The van der Waals surface area contributed by atoms with Crippen molar-refractivity contribution in [3.63, 3.8) is 0 Å². The number of pyridine rings is 1. The molecule has 2 rings (SSSR count). The van der Waals surface area contributed by atoms with Crippen LogP contribution >= 0.6 is 0 Å². The Balaban J connectivity index is 2.55. The van der Waals surface area contributed by atoms with E-state index in [4.69, 9.17) is 5.26 Å². The van der Waals surface area contributed by atoms with Gasteiger partial charge in [0.1, 0.15) is 11.8 Å². The second-order valence-electron chi connectivity index (χ2n) is 3.14. The minimum absolute atomic E-state index is 0.272. The molecule has 0 amide bonds. The van der Waals surface area contributed by atoms with Crippen LogP contribution in [-0.2, 0) is 0 Å². The van der Waals surface area contributed by atoms with Crippen LogP contribution in [0.2, 0.25) is 0 Å². The van der Waals surface area contributed by atoms with E-state index in [0.29, 0.717) is 17.1 Å². The Labute approximate surface area is 91.4 Å². The van der Waals surface area contributed by atoms with Crippen LogP contribution in [0, 0.1) is 24.2 Å². The summed E-state index contributed by atoms with van der Waals surface area (Å²) < 4.78 is 12.8. The number of nitriles is 1. The zero-order chi connectivity index (χ0) is 11.5. The fourth-order valence-corrected chi connectivity index (χ4v) is 1.32. The van der Waals surface area contributed by atoms with Crippen molar-refractivity contribution in [1.29, 1.82) is 5.26 Å². The van der Waals surface area contributed by atoms with Gasteiger partial charge in [0.05, 0.1) is 5.69 Å². The highest BCUT2D eigenvalue weighted by molar-refractivity contribution is 5.57. The summed E-state index contributed by atoms with van der Waals surface area (Å²) in [4.78, 5) is 11.7. The van der Waals surface area contributed by atoms with Gasteiger partial charge in [-0.1, -0.05) is 0 Å². The van der Waals surface area contributed by atoms with Crippen molar-refractivity contribution in [2.24, 2.45) is 0 Å². The van der Waals surface area contributed by atoms with E-state index in [0.717, 1.165) is 0 Å². The van der Waals surface area contributed by atoms with Gasteiger partial charge >= 0.3 is 0 Å². The maximum absolute atomic E-state index is 12.8. The highest BCUT2D eigenvalue weighted by Crippen LogP contribution is 2.17. The standard InChI is InChI=1S/C11H7FN4/c1-7-9(2-3-10(12)15-7)11-14-5-4-8(6-13)16-11/h2-5H,1H3. The van der Waals surface area contributed by atoms with E-state index in [1.807, 2.05) is 6.07 Å². The number of halogens is 1. The van der Waals surface area contributed by atoms with Crippen LogP contribution in [0.1, 0.15) is 11.4 Å². The smallest absolute Gasteiger partial charge is 0.213 e. The Morgan fingerprint density at radius 2 is 2.06 bits per heavy atom. The SMILES string of the molecule is Cc1nc(F)ccc1-c1nccc(C#N)n1. The van der Waals surface area contributed by atoms with Crippen LogP contribution in [0.5, 0.6) is 0 Å². The van der Waals surface area contributed by atoms with Crippen molar-refractivity contribution in [2.75, 3.05) is 0 Å². The predicted molar refractivity (Wildman–Crippen MR) is 54.7 cm³/mol. The molecule has 0 atom stereocenters. The number of aromatic nitrogens is 3. The van der Waals surface area contributed by atoms with Gasteiger partial charge in [-0.25, -0.2) is 15.0 Å². The lowest BCUT2D eigenvalue weighted by molar-refractivity contribution is 0.580. The molecule has 16 heavy (non-hydrogen) atoms. The van der Waals surface area contributed by atoms with Gasteiger partial charge in [0, 0.05) is 11.8 Å². The summed E-state index contributed by atoms with van der Waals surface area (Å²) >= 11 is 0. The molecule has 5 heteroatoms. The van der Waals surface area contributed by atoms with E-state index in [1.165, 1.54) is 18.3 Å². The first-order valence-corrected chi connectivity index (χ1v) is 4.57. The zero-order valence-electron chi connectivity index (χ0n) is 8.48. The van der Waals surface area contributed by atoms with Gasteiger partial charge in [0.2, 0.25) is 5.95 Å². The van der Waals surface area contributed by atoms with Crippen molar-refractivity contribution in [3.8, 4) is 17.5 Å². The molecule has 0 aromatic carbocycles. The summed E-state index contributed by atoms with van der Waals surface area (Å²) in [5.41, 5.74) is 1.39. The quantitative estimate of drug-likeness (QED) is 0.679. The van der Waals surface area contributed by atoms with E-state index in [1.54, 1.807) is 13.0 Å². The third kappa shape index (κ3) is 1.86. The molecule has 0 saturated carbocycles. The summed E-state index contributed by atoms with van der Waals surface area (Å²) in [7, 11) is 0. The van der Waals surface area contributed by atoms with Crippen molar-refractivity contribution < 1.29 is 4.39 Å². The topological polar surface area (TPSA) is 62.5 Å². The Bertz CT molecular complexity index is 574. The predicted octanol–water partition coefficient (Wildman–Crippen LogP) is 1.86. The lowest BCUT2D eigenvalue weighted by Gasteiger charge is -2.03. The first-order valence-electron chi connectivity index (χ1n) is 4.57. The third-order valence-electron chi connectivity index (χ3n) is 2.06. The fraction of sp³-hybridized carbons (Fsp3) is 0.0909. The number of aryl methyl sites for hydroxylation is 1. The Morgan fingerprint density at radius 3 is 2.75 bits per heavy atom. The molecule has 0 aliphatic rings. The normalized spacial score (nSPS) is 9.81. The number of hydrogen-bond donors (Lipinski definition) is 0. The molecule has 0 aliphatic carbocycles. The highest BCUT2D eigenvalue weighted by Gasteiger charge is 2.07. The lowest BCUT2D eigenvalue weighted by atomic mass is 10.2. The molecule has 2 aromatic heterocycles. The van der Waals surface area contributed by atoms with E-state index in [9.17, 15) is 4.39 Å². The van der Waals surface area contributed by atoms with E-state index >= 15 is 0 Å². The van der Waals surface area contributed by atoms with Crippen LogP contribution in [0.15, 0.2) is 24.4 Å². The van der Waals surface area contributed by atoms with Crippen molar-refractivity contribution >= 4 is 0 Å². The van der Waals surface area contributed by atoms with Gasteiger partial charge < -0.3 is 0 Å². The van der Waals surface area contributed by atoms with Crippen molar-refractivity contribution in [3.05, 3.63) is 41.7 Å². The van der Waals surface area contributed by atoms with Crippen molar-refractivity contribution in [1.82, 2.24) is 15.0 Å².